The van der Waals surface area contributed by atoms with E-state index in [2.05, 4.69) is 75.9 Å². The molecule has 0 radical (unpaired) electrons. The van der Waals surface area contributed by atoms with E-state index in [1.807, 2.05) is 28.9 Å². The number of benzene rings is 3. The van der Waals surface area contributed by atoms with Gasteiger partial charge < -0.3 is 9.64 Å². The molecule has 5 heteroatoms. The Balaban J connectivity index is 1.22. The van der Waals surface area contributed by atoms with Crippen LogP contribution < -0.4 is 4.74 Å². The molecule has 1 aromatic heterocycles. The summed E-state index contributed by atoms with van der Waals surface area (Å²) in [7, 11) is 0. The summed E-state index contributed by atoms with van der Waals surface area (Å²) < 4.78 is 8.06. The van der Waals surface area contributed by atoms with Crippen LogP contribution in [0.1, 0.15) is 44.1 Å². The summed E-state index contributed by atoms with van der Waals surface area (Å²) in [6, 6.07) is 29.1. The van der Waals surface area contributed by atoms with Crippen molar-refractivity contribution < 1.29 is 4.74 Å². The Hall–Kier alpha value is -3.44. The number of piperidine rings is 1. The second kappa shape index (κ2) is 12.5. The predicted octanol–water partition coefficient (Wildman–Crippen LogP) is 6.70. The van der Waals surface area contributed by atoms with E-state index in [1.165, 1.54) is 57.3 Å². The lowest BCUT2D eigenvalue weighted by atomic mass is 10.0. The Morgan fingerprint density at radius 3 is 2.17 bits per heavy atom. The van der Waals surface area contributed by atoms with E-state index in [0.29, 0.717) is 6.54 Å². The van der Waals surface area contributed by atoms with Crippen molar-refractivity contribution in [3.05, 3.63) is 90.5 Å². The molecule has 0 atom stereocenters. The first-order chi connectivity index (χ1) is 17.9. The Morgan fingerprint density at radius 2 is 1.42 bits per heavy atom. The number of hydrogen-bond donors (Lipinski definition) is 0. The van der Waals surface area contributed by atoms with Gasteiger partial charge in [0.05, 0.1) is 18.8 Å². The fraction of sp³-hybridized carbons (Fsp3) is 0.355. The van der Waals surface area contributed by atoms with E-state index in [1.54, 1.807) is 0 Å². The lowest BCUT2D eigenvalue weighted by molar-refractivity contribution is 0.221. The number of rotatable bonds is 11. The smallest absolute Gasteiger partial charge is 0.121 e. The molecule has 0 saturated carbocycles. The quantitative estimate of drug-likeness (QED) is 0.224. The lowest BCUT2D eigenvalue weighted by Gasteiger charge is -2.26. The molecule has 0 unspecified atom stereocenters. The third-order valence-electron chi connectivity index (χ3n) is 6.92. The second-order valence-electron chi connectivity index (χ2n) is 9.63. The van der Waals surface area contributed by atoms with Crippen LogP contribution in [0.4, 0.5) is 0 Å². The summed E-state index contributed by atoms with van der Waals surface area (Å²) in [4.78, 5) is 2.62. The molecule has 0 amide bonds. The van der Waals surface area contributed by atoms with E-state index in [4.69, 9.17) is 4.74 Å². The monoisotopic (exact) mass is 480 g/mol. The number of nitrogens with zero attached hydrogens (tertiary/aromatic N) is 4. The van der Waals surface area contributed by atoms with Gasteiger partial charge in [-0.1, -0.05) is 72.3 Å². The molecule has 0 N–H and O–H groups in total. The second-order valence-corrected chi connectivity index (χ2v) is 9.63. The maximum absolute atomic E-state index is 6.06. The summed E-state index contributed by atoms with van der Waals surface area (Å²) in [5.41, 5.74) is 5.27. The number of likely N-dealkylation sites (tertiary alicyclic amines) is 1. The fourth-order valence-corrected chi connectivity index (χ4v) is 4.95. The van der Waals surface area contributed by atoms with Crippen LogP contribution in [0.25, 0.3) is 22.5 Å². The summed E-state index contributed by atoms with van der Waals surface area (Å²) in [6.45, 7) is 5.25. The molecule has 1 fully saturated rings. The van der Waals surface area contributed by atoms with Crippen molar-refractivity contribution >= 4 is 0 Å². The minimum absolute atomic E-state index is 0.672. The molecule has 1 aliphatic rings. The van der Waals surface area contributed by atoms with Crippen molar-refractivity contribution in [2.24, 2.45) is 0 Å². The zero-order valence-electron chi connectivity index (χ0n) is 21.1. The average molecular weight is 481 g/mol. The van der Waals surface area contributed by atoms with Crippen molar-refractivity contribution in [3.8, 4) is 28.3 Å². The van der Waals surface area contributed by atoms with Gasteiger partial charge in [-0.2, -0.15) is 0 Å². The van der Waals surface area contributed by atoms with Gasteiger partial charge in [-0.3, -0.25) is 0 Å². The van der Waals surface area contributed by atoms with Gasteiger partial charge >= 0.3 is 0 Å². The lowest BCUT2D eigenvalue weighted by Crippen LogP contribution is -2.30. The van der Waals surface area contributed by atoms with E-state index >= 15 is 0 Å². The van der Waals surface area contributed by atoms with Gasteiger partial charge in [-0.25, -0.2) is 4.68 Å². The molecule has 0 bridgehead atoms. The molecule has 5 nitrogen and oxygen atoms in total. The van der Waals surface area contributed by atoms with Crippen LogP contribution in [0, 0.1) is 0 Å². The van der Waals surface area contributed by atoms with E-state index in [-0.39, 0.29) is 0 Å². The van der Waals surface area contributed by atoms with Gasteiger partial charge in [0.25, 0.3) is 0 Å². The molecule has 3 aromatic carbocycles. The Kier molecular flexibility index (Phi) is 8.42. The summed E-state index contributed by atoms with van der Waals surface area (Å²) in [5, 5.41) is 9.10. The van der Waals surface area contributed by atoms with Crippen molar-refractivity contribution in [2.75, 3.05) is 26.2 Å². The minimum atomic E-state index is 0.672. The summed E-state index contributed by atoms with van der Waals surface area (Å²) >= 11 is 0. The van der Waals surface area contributed by atoms with Gasteiger partial charge in [0.15, 0.2) is 0 Å². The van der Waals surface area contributed by atoms with Crippen LogP contribution >= 0.6 is 0 Å². The number of aromatic nitrogens is 3. The Labute approximate surface area is 214 Å². The van der Waals surface area contributed by atoms with Crippen LogP contribution in [0.5, 0.6) is 5.75 Å². The van der Waals surface area contributed by atoms with Crippen LogP contribution in [-0.4, -0.2) is 46.1 Å². The molecule has 5 rings (SSSR count). The van der Waals surface area contributed by atoms with Gasteiger partial charge in [-0.15, -0.1) is 5.10 Å². The third kappa shape index (κ3) is 6.41. The highest BCUT2D eigenvalue weighted by Crippen LogP contribution is 2.31. The van der Waals surface area contributed by atoms with Gasteiger partial charge in [0, 0.05) is 11.1 Å². The molecular weight excluding hydrogens is 444 g/mol. The molecule has 1 saturated heterocycles. The topological polar surface area (TPSA) is 43.2 Å². The SMILES string of the molecule is c1ccc(Cn2nnc(-c3ccccc3)c2-c2ccc(OCCCCCN3CCCCC3)cc2)cc1. The minimum Gasteiger partial charge on any atom is -0.494 e. The highest BCUT2D eigenvalue weighted by molar-refractivity contribution is 5.78. The molecule has 186 valence electrons. The van der Waals surface area contributed by atoms with Crippen LogP contribution in [-0.2, 0) is 6.54 Å². The molecule has 4 aromatic rings. The Bertz CT molecular complexity index is 1180. The Morgan fingerprint density at radius 1 is 0.694 bits per heavy atom. The van der Waals surface area contributed by atoms with Gasteiger partial charge in [0.2, 0.25) is 0 Å². The van der Waals surface area contributed by atoms with Crippen molar-refractivity contribution in [2.45, 2.75) is 45.1 Å². The fourth-order valence-electron chi connectivity index (χ4n) is 4.95. The van der Waals surface area contributed by atoms with E-state index in [9.17, 15) is 0 Å². The van der Waals surface area contributed by atoms with E-state index < -0.39 is 0 Å². The van der Waals surface area contributed by atoms with Gasteiger partial charge in [-0.05, 0) is 81.6 Å². The first-order valence-electron chi connectivity index (χ1n) is 13.4. The third-order valence-corrected chi connectivity index (χ3v) is 6.92. The standard InChI is InChI=1S/C31H36N4O/c1-5-13-26(14-6-1)25-35-31(30(32-33-35)27-15-7-2-8-16-27)28-17-19-29(20-18-28)36-24-12-4-11-23-34-21-9-3-10-22-34/h1-2,5-8,13-20H,3-4,9-12,21-25H2. The van der Waals surface area contributed by atoms with Crippen LogP contribution in [0.2, 0.25) is 0 Å². The molecular formula is C31H36N4O. The molecule has 0 spiro atoms. The number of ether oxygens (including phenoxy) is 1. The normalized spacial score (nSPS) is 14.1. The largest absolute Gasteiger partial charge is 0.494 e. The molecule has 1 aliphatic heterocycles. The predicted molar refractivity (Wildman–Crippen MR) is 146 cm³/mol. The highest BCUT2D eigenvalue weighted by Gasteiger charge is 2.17. The summed E-state index contributed by atoms with van der Waals surface area (Å²) in [5.74, 6) is 0.915. The summed E-state index contributed by atoms with van der Waals surface area (Å²) in [6.07, 6.45) is 7.73. The maximum atomic E-state index is 6.06. The van der Waals surface area contributed by atoms with Crippen LogP contribution in [0.15, 0.2) is 84.9 Å². The van der Waals surface area contributed by atoms with Crippen molar-refractivity contribution in [1.82, 2.24) is 19.9 Å². The number of hydrogen-bond acceptors (Lipinski definition) is 4. The molecule has 0 aliphatic carbocycles. The zero-order valence-corrected chi connectivity index (χ0v) is 21.1. The number of unbranched alkanes of at least 4 members (excludes halogenated alkanes) is 2. The first-order valence-corrected chi connectivity index (χ1v) is 13.4. The van der Waals surface area contributed by atoms with Crippen molar-refractivity contribution in [1.29, 1.82) is 0 Å². The maximum Gasteiger partial charge on any atom is 0.121 e. The van der Waals surface area contributed by atoms with Crippen molar-refractivity contribution in [3.63, 3.8) is 0 Å². The van der Waals surface area contributed by atoms with E-state index in [0.717, 1.165) is 41.3 Å². The highest BCUT2D eigenvalue weighted by atomic mass is 16.5. The molecule has 2 heterocycles. The van der Waals surface area contributed by atoms with Gasteiger partial charge in [0.1, 0.15) is 11.4 Å². The van der Waals surface area contributed by atoms with Crippen LogP contribution in [0.3, 0.4) is 0 Å². The molecule has 36 heavy (non-hydrogen) atoms. The average Bonchev–Trinajstić information content (AvgIpc) is 3.36. The first kappa shape index (κ1) is 24.3. The zero-order chi connectivity index (χ0) is 24.4.